The third-order valence-electron chi connectivity index (χ3n) is 5.14. The van der Waals surface area contributed by atoms with Crippen LogP contribution in [0.5, 0.6) is 0 Å². The van der Waals surface area contributed by atoms with E-state index in [0.29, 0.717) is 29.9 Å². The van der Waals surface area contributed by atoms with E-state index >= 15 is 0 Å². The molecule has 2 rings (SSSR count). The number of amides is 1. The fourth-order valence-corrected chi connectivity index (χ4v) is 3.16. The zero-order valence-corrected chi connectivity index (χ0v) is 12.6. The first-order valence-corrected chi connectivity index (χ1v) is 7.19. The fourth-order valence-electron chi connectivity index (χ4n) is 3.07. The van der Waals surface area contributed by atoms with Crippen LogP contribution in [0, 0.1) is 16.7 Å². The Kier molecular flexibility index (Phi) is 3.21. The van der Waals surface area contributed by atoms with Crippen LogP contribution in [0.15, 0.2) is 0 Å². The monoisotopic (exact) mass is 268 g/mol. The summed E-state index contributed by atoms with van der Waals surface area (Å²) >= 11 is 4.92. The molecule has 2 aliphatic rings. The Morgan fingerprint density at radius 2 is 1.78 bits per heavy atom. The number of rotatable bonds is 5. The zero-order valence-electron chi connectivity index (χ0n) is 11.8. The van der Waals surface area contributed by atoms with Crippen LogP contribution < -0.4 is 5.73 Å². The lowest BCUT2D eigenvalue weighted by Gasteiger charge is -2.23. The van der Waals surface area contributed by atoms with Crippen molar-refractivity contribution in [2.75, 3.05) is 6.54 Å². The average Bonchev–Trinajstić information content (AvgIpc) is 3.06. The Morgan fingerprint density at radius 1 is 1.28 bits per heavy atom. The van der Waals surface area contributed by atoms with E-state index in [0.717, 1.165) is 12.8 Å². The van der Waals surface area contributed by atoms with Crippen LogP contribution in [-0.4, -0.2) is 28.4 Å². The molecule has 0 unspecified atom stereocenters. The van der Waals surface area contributed by atoms with E-state index in [4.69, 9.17) is 18.0 Å². The summed E-state index contributed by atoms with van der Waals surface area (Å²) in [6.45, 7) is 9.45. The first-order valence-electron chi connectivity index (χ1n) is 6.78. The van der Waals surface area contributed by atoms with Gasteiger partial charge in [-0.1, -0.05) is 39.9 Å². The molecule has 0 saturated heterocycles. The molecule has 3 nitrogen and oxygen atoms in total. The minimum absolute atomic E-state index is 0.112. The summed E-state index contributed by atoms with van der Waals surface area (Å²) in [4.78, 5) is 15.2. The Hall–Kier alpha value is -0.640. The molecule has 0 aliphatic heterocycles. The van der Waals surface area contributed by atoms with Crippen LogP contribution in [0.3, 0.4) is 0 Å². The molecule has 0 spiro atoms. The van der Waals surface area contributed by atoms with Gasteiger partial charge in [-0.2, -0.15) is 0 Å². The van der Waals surface area contributed by atoms with Crippen LogP contribution in [0.4, 0.5) is 0 Å². The van der Waals surface area contributed by atoms with E-state index in [1.807, 2.05) is 4.90 Å². The summed E-state index contributed by atoms with van der Waals surface area (Å²) in [5.74, 6) is 0.459. The Bertz CT molecular complexity index is 371. The van der Waals surface area contributed by atoms with Gasteiger partial charge < -0.3 is 10.6 Å². The van der Waals surface area contributed by atoms with Gasteiger partial charge in [0.1, 0.15) is 0 Å². The van der Waals surface area contributed by atoms with Gasteiger partial charge in [-0.15, -0.1) is 0 Å². The maximum atomic E-state index is 12.7. The molecule has 2 fully saturated rings. The van der Waals surface area contributed by atoms with Crippen LogP contribution >= 0.6 is 12.2 Å². The second-order valence-corrected chi connectivity index (χ2v) is 7.38. The van der Waals surface area contributed by atoms with E-state index in [1.54, 1.807) is 0 Å². The third kappa shape index (κ3) is 2.15. The van der Waals surface area contributed by atoms with Gasteiger partial charge in [-0.3, -0.25) is 4.79 Å². The number of carbonyl (C=O) groups excluding carboxylic acids is 1. The molecule has 102 valence electrons. The molecule has 4 heteroatoms. The van der Waals surface area contributed by atoms with Gasteiger partial charge in [0.15, 0.2) is 0 Å². The maximum Gasteiger partial charge on any atom is 0.227 e. The number of carbonyl (C=O) groups is 1. The molecule has 0 aromatic heterocycles. The topological polar surface area (TPSA) is 46.3 Å². The SMILES string of the molecule is CC1(C)C(C(=O)N(CCC(N)=S)C2CC2)C1(C)C. The van der Waals surface area contributed by atoms with Crippen LogP contribution in [0.2, 0.25) is 0 Å². The lowest BCUT2D eigenvalue weighted by atomic mass is 10.0. The first kappa shape index (κ1) is 13.8. The molecule has 0 aromatic rings. The average molecular weight is 268 g/mol. The van der Waals surface area contributed by atoms with Crippen molar-refractivity contribution in [3.63, 3.8) is 0 Å². The summed E-state index contributed by atoms with van der Waals surface area (Å²) in [5.41, 5.74) is 5.78. The molecular formula is C14H24N2OS. The van der Waals surface area contributed by atoms with Crippen molar-refractivity contribution in [1.82, 2.24) is 4.90 Å². The molecule has 2 saturated carbocycles. The predicted molar refractivity (Wildman–Crippen MR) is 77.2 cm³/mol. The van der Waals surface area contributed by atoms with E-state index in [1.165, 1.54) is 0 Å². The standard InChI is InChI=1S/C14H24N2OS/c1-13(2)11(14(13,3)4)12(17)16(9-5-6-9)8-7-10(15)18/h9,11H,5-8H2,1-4H3,(H2,15,18). The number of hydrogen-bond donors (Lipinski definition) is 1. The van der Waals surface area contributed by atoms with E-state index in [2.05, 4.69) is 27.7 Å². The van der Waals surface area contributed by atoms with E-state index in [9.17, 15) is 4.79 Å². The minimum atomic E-state index is 0.112. The van der Waals surface area contributed by atoms with E-state index < -0.39 is 0 Å². The normalized spacial score (nSPS) is 24.7. The number of hydrogen-bond acceptors (Lipinski definition) is 2. The van der Waals surface area contributed by atoms with Crippen LogP contribution in [-0.2, 0) is 4.79 Å². The van der Waals surface area contributed by atoms with Crippen molar-refractivity contribution in [3.05, 3.63) is 0 Å². The van der Waals surface area contributed by atoms with Crippen molar-refractivity contribution < 1.29 is 4.79 Å². The molecule has 0 atom stereocenters. The van der Waals surface area contributed by atoms with Crippen molar-refractivity contribution in [2.45, 2.75) is 53.0 Å². The summed E-state index contributed by atoms with van der Waals surface area (Å²) in [6.07, 6.45) is 2.92. The highest BCUT2D eigenvalue weighted by Gasteiger charge is 2.69. The summed E-state index contributed by atoms with van der Waals surface area (Å²) in [5, 5.41) is 0. The second-order valence-electron chi connectivity index (χ2n) is 6.86. The molecule has 18 heavy (non-hydrogen) atoms. The number of nitrogens with zero attached hydrogens (tertiary/aromatic N) is 1. The number of thiocarbonyl (C=S) groups is 1. The van der Waals surface area contributed by atoms with Crippen molar-refractivity contribution in [3.8, 4) is 0 Å². The molecule has 0 radical (unpaired) electrons. The molecule has 2 aliphatic carbocycles. The summed E-state index contributed by atoms with van der Waals surface area (Å²) < 4.78 is 0. The zero-order chi connectivity index (χ0) is 13.7. The third-order valence-corrected chi connectivity index (χ3v) is 5.34. The highest BCUT2D eigenvalue weighted by atomic mass is 32.1. The molecule has 0 heterocycles. The Morgan fingerprint density at radius 3 is 2.11 bits per heavy atom. The smallest absolute Gasteiger partial charge is 0.227 e. The van der Waals surface area contributed by atoms with Gasteiger partial charge in [0.25, 0.3) is 0 Å². The second kappa shape index (κ2) is 4.19. The van der Waals surface area contributed by atoms with Gasteiger partial charge >= 0.3 is 0 Å². The van der Waals surface area contributed by atoms with Gasteiger partial charge in [-0.05, 0) is 23.7 Å². The summed E-state index contributed by atoms with van der Waals surface area (Å²) in [7, 11) is 0. The molecule has 1 amide bonds. The van der Waals surface area contributed by atoms with Gasteiger partial charge in [-0.25, -0.2) is 0 Å². The van der Waals surface area contributed by atoms with Crippen LogP contribution in [0.25, 0.3) is 0 Å². The lowest BCUT2D eigenvalue weighted by Crippen LogP contribution is -2.38. The molecule has 0 aromatic carbocycles. The highest BCUT2D eigenvalue weighted by Crippen LogP contribution is 2.69. The lowest BCUT2D eigenvalue weighted by molar-refractivity contribution is -0.134. The quantitative estimate of drug-likeness (QED) is 0.779. The highest BCUT2D eigenvalue weighted by molar-refractivity contribution is 7.80. The number of nitrogens with two attached hydrogens (primary N) is 1. The Balaban J connectivity index is 2.04. The van der Waals surface area contributed by atoms with Crippen molar-refractivity contribution in [1.29, 1.82) is 0 Å². The predicted octanol–water partition coefficient (Wildman–Crippen LogP) is 2.34. The van der Waals surface area contributed by atoms with Crippen molar-refractivity contribution in [2.24, 2.45) is 22.5 Å². The fraction of sp³-hybridized carbons (Fsp3) is 0.857. The van der Waals surface area contributed by atoms with Crippen LogP contribution in [0.1, 0.15) is 47.0 Å². The van der Waals surface area contributed by atoms with Gasteiger partial charge in [0.05, 0.1) is 4.99 Å². The summed E-state index contributed by atoms with van der Waals surface area (Å²) in [6, 6.07) is 0.444. The van der Waals surface area contributed by atoms with Gasteiger partial charge in [0.2, 0.25) is 5.91 Å². The molecule has 0 bridgehead atoms. The Labute approximate surface area is 115 Å². The minimum Gasteiger partial charge on any atom is -0.393 e. The first-order chi connectivity index (χ1) is 8.19. The maximum absolute atomic E-state index is 12.7. The van der Waals surface area contributed by atoms with Gasteiger partial charge in [0, 0.05) is 24.9 Å². The van der Waals surface area contributed by atoms with E-state index in [-0.39, 0.29) is 16.7 Å². The molecular weight excluding hydrogens is 244 g/mol. The molecule has 2 N–H and O–H groups in total. The largest absolute Gasteiger partial charge is 0.393 e. The van der Waals surface area contributed by atoms with Crippen molar-refractivity contribution >= 4 is 23.1 Å².